The second-order valence-corrected chi connectivity index (χ2v) is 3.58. The molecule has 0 radical (unpaired) electrons. The maximum atomic E-state index is 5.75. The number of nitrogen functional groups attached to an aromatic ring is 1. The lowest BCUT2D eigenvalue weighted by molar-refractivity contribution is 0.140. The normalized spacial score (nSPS) is 15.8. The number of hydrogen-bond acceptors (Lipinski definition) is 4. The molecular formula is C9H17ClN4O. The van der Waals surface area contributed by atoms with Gasteiger partial charge in [-0.15, -0.1) is 12.4 Å². The molecule has 1 aromatic rings. The van der Waals surface area contributed by atoms with Crippen LogP contribution in [0.4, 0.5) is 5.82 Å². The highest BCUT2D eigenvalue weighted by atomic mass is 35.5. The van der Waals surface area contributed by atoms with Gasteiger partial charge in [-0.3, -0.25) is 10.00 Å². The van der Waals surface area contributed by atoms with Gasteiger partial charge in [-0.1, -0.05) is 0 Å². The molecule has 0 bridgehead atoms. The van der Waals surface area contributed by atoms with Crippen LogP contribution < -0.4 is 5.73 Å². The van der Waals surface area contributed by atoms with Crippen LogP contribution in [0.25, 0.3) is 0 Å². The number of hydrogen-bond donors (Lipinski definition) is 2. The summed E-state index contributed by atoms with van der Waals surface area (Å²) in [6.45, 7) is 3.67. The summed E-state index contributed by atoms with van der Waals surface area (Å²) in [6.07, 6.45) is 1.00. The fourth-order valence-corrected chi connectivity index (χ4v) is 1.78. The Morgan fingerprint density at radius 3 is 3.13 bits per heavy atom. The maximum absolute atomic E-state index is 5.75. The molecule has 0 fully saturated rings. The molecule has 3 N–H and O–H groups in total. The highest BCUT2D eigenvalue weighted by Crippen LogP contribution is 2.20. The molecule has 86 valence electrons. The maximum Gasteiger partial charge on any atom is 0.149 e. The van der Waals surface area contributed by atoms with Gasteiger partial charge >= 0.3 is 0 Å². The predicted molar refractivity (Wildman–Crippen MR) is 61.1 cm³/mol. The van der Waals surface area contributed by atoms with E-state index in [1.165, 1.54) is 5.69 Å². The second-order valence-electron chi connectivity index (χ2n) is 3.58. The van der Waals surface area contributed by atoms with Crippen molar-refractivity contribution < 1.29 is 4.74 Å². The van der Waals surface area contributed by atoms with Crippen molar-refractivity contribution in [3.8, 4) is 0 Å². The highest BCUT2D eigenvalue weighted by molar-refractivity contribution is 5.85. The third-order valence-electron chi connectivity index (χ3n) is 2.66. The van der Waals surface area contributed by atoms with Crippen LogP contribution in [0, 0.1) is 0 Å². The largest absolute Gasteiger partial charge is 0.383 e. The number of halogens is 1. The van der Waals surface area contributed by atoms with Crippen molar-refractivity contribution in [2.75, 3.05) is 32.5 Å². The zero-order valence-electron chi connectivity index (χ0n) is 8.82. The molecule has 1 aromatic heterocycles. The molecule has 5 nitrogen and oxygen atoms in total. The van der Waals surface area contributed by atoms with E-state index in [2.05, 4.69) is 15.1 Å². The smallest absolute Gasteiger partial charge is 0.149 e. The monoisotopic (exact) mass is 232 g/mol. The number of fused-ring (bicyclic) bond motifs is 1. The molecule has 0 amide bonds. The van der Waals surface area contributed by atoms with Crippen LogP contribution >= 0.6 is 12.4 Å². The molecule has 0 atom stereocenters. The number of nitrogens with zero attached hydrogens (tertiary/aromatic N) is 2. The number of rotatable bonds is 3. The van der Waals surface area contributed by atoms with Crippen LogP contribution in [-0.4, -0.2) is 41.9 Å². The van der Waals surface area contributed by atoms with Gasteiger partial charge in [0.1, 0.15) is 5.82 Å². The Morgan fingerprint density at radius 1 is 1.60 bits per heavy atom. The average molecular weight is 233 g/mol. The first-order valence-electron chi connectivity index (χ1n) is 4.84. The molecule has 1 aliphatic rings. The van der Waals surface area contributed by atoms with Gasteiger partial charge in [0.25, 0.3) is 0 Å². The third kappa shape index (κ3) is 2.62. The molecule has 15 heavy (non-hydrogen) atoms. The number of ether oxygens (including phenoxy) is 1. The van der Waals surface area contributed by atoms with E-state index >= 15 is 0 Å². The Balaban J connectivity index is 0.00000112. The molecule has 1 aliphatic heterocycles. The van der Waals surface area contributed by atoms with Crippen LogP contribution in [0.1, 0.15) is 11.3 Å². The molecule has 0 saturated carbocycles. The zero-order chi connectivity index (χ0) is 9.97. The van der Waals surface area contributed by atoms with E-state index in [9.17, 15) is 0 Å². The first kappa shape index (κ1) is 12.3. The summed E-state index contributed by atoms with van der Waals surface area (Å²) in [7, 11) is 1.72. The lowest BCUT2D eigenvalue weighted by Gasteiger charge is -2.26. The van der Waals surface area contributed by atoms with Gasteiger partial charge in [-0.2, -0.15) is 5.10 Å². The summed E-state index contributed by atoms with van der Waals surface area (Å²) < 4.78 is 5.05. The van der Waals surface area contributed by atoms with Crippen molar-refractivity contribution in [1.82, 2.24) is 15.1 Å². The second kappa shape index (κ2) is 5.34. The van der Waals surface area contributed by atoms with Gasteiger partial charge in [0.2, 0.25) is 0 Å². The molecule has 2 heterocycles. The van der Waals surface area contributed by atoms with Crippen LogP contribution in [0.15, 0.2) is 0 Å². The molecule has 0 aromatic carbocycles. The number of H-pyrrole nitrogens is 1. The lowest BCUT2D eigenvalue weighted by Crippen LogP contribution is -2.33. The average Bonchev–Trinajstić information content (AvgIpc) is 2.57. The summed E-state index contributed by atoms with van der Waals surface area (Å²) in [5.74, 6) is 0.641. The molecule has 0 spiro atoms. The van der Waals surface area contributed by atoms with Crippen molar-refractivity contribution in [3.63, 3.8) is 0 Å². The minimum atomic E-state index is 0. The van der Waals surface area contributed by atoms with E-state index in [-0.39, 0.29) is 12.4 Å². The topological polar surface area (TPSA) is 67.2 Å². The number of methoxy groups -OCH3 is 1. The standard InChI is InChI=1S/C9H16N4O.ClH/c1-14-5-4-13-3-2-8-7(6-13)9(10)12-11-8;/h2-6H2,1H3,(H3,10,11,12);1H. The van der Waals surface area contributed by atoms with Gasteiger partial charge in [0.05, 0.1) is 6.61 Å². The first-order chi connectivity index (χ1) is 6.81. The van der Waals surface area contributed by atoms with Gasteiger partial charge in [0.15, 0.2) is 0 Å². The number of aromatic nitrogens is 2. The quantitative estimate of drug-likeness (QED) is 0.793. The SMILES string of the molecule is COCCN1CCc2[nH]nc(N)c2C1.Cl. The Labute approximate surface area is 95.4 Å². The van der Waals surface area contributed by atoms with E-state index in [1.807, 2.05) is 0 Å². The summed E-state index contributed by atoms with van der Waals surface area (Å²) in [5, 5.41) is 6.98. The third-order valence-corrected chi connectivity index (χ3v) is 2.66. The van der Waals surface area contributed by atoms with Gasteiger partial charge in [-0.05, 0) is 0 Å². The Bertz CT molecular complexity index is 315. The number of nitrogens with one attached hydrogen (secondary N) is 1. The molecule has 0 saturated heterocycles. The minimum Gasteiger partial charge on any atom is -0.383 e. The number of aromatic amines is 1. The molecular weight excluding hydrogens is 216 g/mol. The molecule has 0 aliphatic carbocycles. The van der Waals surface area contributed by atoms with Crippen molar-refractivity contribution in [2.45, 2.75) is 13.0 Å². The van der Waals surface area contributed by atoms with Gasteiger partial charge < -0.3 is 10.5 Å². The molecule has 6 heteroatoms. The van der Waals surface area contributed by atoms with Crippen LogP contribution in [-0.2, 0) is 17.7 Å². The Hall–Kier alpha value is -0.780. The molecule has 2 rings (SSSR count). The van der Waals surface area contributed by atoms with Crippen molar-refractivity contribution >= 4 is 18.2 Å². The van der Waals surface area contributed by atoms with E-state index < -0.39 is 0 Å². The van der Waals surface area contributed by atoms with Crippen LogP contribution in [0.5, 0.6) is 0 Å². The van der Waals surface area contributed by atoms with Gasteiger partial charge in [-0.25, -0.2) is 0 Å². The van der Waals surface area contributed by atoms with E-state index in [4.69, 9.17) is 10.5 Å². The van der Waals surface area contributed by atoms with E-state index in [0.29, 0.717) is 5.82 Å². The summed E-state index contributed by atoms with van der Waals surface area (Å²) in [5.41, 5.74) is 8.10. The lowest BCUT2D eigenvalue weighted by atomic mass is 10.1. The van der Waals surface area contributed by atoms with Crippen LogP contribution in [0.3, 0.4) is 0 Å². The fraction of sp³-hybridized carbons (Fsp3) is 0.667. The Morgan fingerprint density at radius 2 is 2.40 bits per heavy atom. The summed E-state index contributed by atoms with van der Waals surface area (Å²) in [6, 6.07) is 0. The number of nitrogens with two attached hydrogens (primary N) is 1. The summed E-state index contributed by atoms with van der Waals surface area (Å²) in [4.78, 5) is 2.33. The minimum absolute atomic E-state index is 0. The summed E-state index contributed by atoms with van der Waals surface area (Å²) >= 11 is 0. The Kier molecular flexibility index (Phi) is 4.38. The van der Waals surface area contributed by atoms with E-state index in [0.717, 1.165) is 38.2 Å². The number of anilines is 1. The zero-order valence-corrected chi connectivity index (χ0v) is 9.64. The van der Waals surface area contributed by atoms with E-state index in [1.54, 1.807) is 7.11 Å². The van der Waals surface area contributed by atoms with Crippen LogP contribution in [0.2, 0.25) is 0 Å². The molecule has 0 unspecified atom stereocenters. The first-order valence-corrected chi connectivity index (χ1v) is 4.84. The predicted octanol–water partition coefficient (Wildman–Crippen LogP) is 0.418. The van der Waals surface area contributed by atoms with Crippen molar-refractivity contribution in [3.05, 3.63) is 11.3 Å². The van der Waals surface area contributed by atoms with Crippen molar-refractivity contribution in [1.29, 1.82) is 0 Å². The van der Waals surface area contributed by atoms with Gasteiger partial charge in [0, 0.05) is 44.4 Å². The fourth-order valence-electron chi connectivity index (χ4n) is 1.78. The highest BCUT2D eigenvalue weighted by Gasteiger charge is 2.20. The van der Waals surface area contributed by atoms with Crippen molar-refractivity contribution in [2.24, 2.45) is 0 Å².